The van der Waals surface area contributed by atoms with E-state index in [0.29, 0.717) is 13.1 Å². The molecule has 3 N–H and O–H groups in total. The fraction of sp³-hybridized carbons (Fsp3) is 0.846. The van der Waals surface area contributed by atoms with Gasteiger partial charge >= 0.3 is 0 Å². The van der Waals surface area contributed by atoms with Gasteiger partial charge in [-0.2, -0.15) is 0 Å². The molecule has 0 aromatic carbocycles. The van der Waals surface area contributed by atoms with Crippen molar-refractivity contribution in [3.63, 3.8) is 0 Å². The van der Waals surface area contributed by atoms with Gasteiger partial charge in [0.25, 0.3) is 0 Å². The zero-order chi connectivity index (χ0) is 11.9. The van der Waals surface area contributed by atoms with Crippen molar-refractivity contribution >= 4 is 0 Å². The zero-order valence-electron chi connectivity index (χ0n) is 10.5. The molecule has 1 aliphatic heterocycles. The highest BCUT2D eigenvalue weighted by Gasteiger charge is 2.30. The Kier molecular flexibility index (Phi) is 5.83. The maximum Gasteiger partial charge on any atom is 0.0578 e. The predicted molar refractivity (Wildman–Crippen MR) is 69.2 cm³/mol. The molecule has 0 radical (unpaired) electrons. The van der Waals surface area contributed by atoms with Crippen LogP contribution >= 0.6 is 0 Å². The minimum Gasteiger partial charge on any atom is -0.329 e. The van der Waals surface area contributed by atoms with Gasteiger partial charge in [0.1, 0.15) is 0 Å². The lowest BCUT2D eigenvalue weighted by atomic mass is 9.90. The Morgan fingerprint density at radius 3 is 2.88 bits per heavy atom. The second kappa shape index (κ2) is 6.90. The molecule has 1 rings (SSSR count). The van der Waals surface area contributed by atoms with Gasteiger partial charge < -0.3 is 10.6 Å². The van der Waals surface area contributed by atoms with Crippen molar-refractivity contribution in [2.75, 3.05) is 32.7 Å². The molecule has 3 heteroatoms. The lowest BCUT2D eigenvalue weighted by Crippen LogP contribution is -2.51. The largest absolute Gasteiger partial charge is 0.329 e. The van der Waals surface area contributed by atoms with Crippen molar-refractivity contribution < 1.29 is 0 Å². The second-order valence-electron chi connectivity index (χ2n) is 4.74. The molecular formula is C13H25N3. The second-order valence-corrected chi connectivity index (χ2v) is 4.74. The zero-order valence-corrected chi connectivity index (χ0v) is 10.5. The van der Waals surface area contributed by atoms with E-state index in [2.05, 4.69) is 23.1 Å². The van der Waals surface area contributed by atoms with Gasteiger partial charge in [-0.3, -0.25) is 5.32 Å². The summed E-state index contributed by atoms with van der Waals surface area (Å²) in [6.45, 7) is 7.10. The average Bonchev–Trinajstić information content (AvgIpc) is 2.51. The summed E-state index contributed by atoms with van der Waals surface area (Å²) in [6, 6.07) is 0. The van der Waals surface area contributed by atoms with E-state index in [-0.39, 0.29) is 5.54 Å². The average molecular weight is 223 g/mol. The van der Waals surface area contributed by atoms with E-state index < -0.39 is 0 Å². The van der Waals surface area contributed by atoms with Crippen LogP contribution in [0, 0.1) is 12.3 Å². The van der Waals surface area contributed by atoms with E-state index in [1.54, 1.807) is 0 Å². The molecule has 16 heavy (non-hydrogen) atoms. The van der Waals surface area contributed by atoms with Crippen LogP contribution in [0.15, 0.2) is 0 Å². The molecule has 1 aliphatic rings. The number of hydrogen-bond acceptors (Lipinski definition) is 3. The Bertz CT molecular complexity index is 234. The summed E-state index contributed by atoms with van der Waals surface area (Å²) in [7, 11) is 0. The molecule has 1 saturated heterocycles. The van der Waals surface area contributed by atoms with E-state index in [9.17, 15) is 0 Å². The van der Waals surface area contributed by atoms with Gasteiger partial charge in [-0.1, -0.05) is 12.8 Å². The van der Waals surface area contributed by atoms with E-state index in [4.69, 9.17) is 12.2 Å². The number of nitrogens with zero attached hydrogens (tertiary/aromatic N) is 1. The van der Waals surface area contributed by atoms with Gasteiger partial charge in [-0.25, -0.2) is 0 Å². The molecule has 0 aromatic rings. The highest BCUT2D eigenvalue weighted by atomic mass is 15.1. The Morgan fingerprint density at radius 2 is 2.25 bits per heavy atom. The summed E-state index contributed by atoms with van der Waals surface area (Å²) in [5, 5.41) is 3.45. The van der Waals surface area contributed by atoms with Crippen LogP contribution in [-0.4, -0.2) is 43.2 Å². The molecule has 0 spiro atoms. The highest BCUT2D eigenvalue weighted by Crippen LogP contribution is 2.21. The van der Waals surface area contributed by atoms with Crippen molar-refractivity contribution in [1.82, 2.24) is 10.2 Å². The molecule has 1 fully saturated rings. The molecule has 1 heterocycles. The molecule has 0 aliphatic carbocycles. The van der Waals surface area contributed by atoms with Crippen molar-refractivity contribution in [1.29, 1.82) is 0 Å². The maximum atomic E-state index is 5.92. The molecule has 0 amide bonds. The first kappa shape index (κ1) is 13.5. The quantitative estimate of drug-likeness (QED) is 0.678. The topological polar surface area (TPSA) is 41.3 Å². The summed E-state index contributed by atoms with van der Waals surface area (Å²) in [4.78, 5) is 2.54. The summed E-state index contributed by atoms with van der Waals surface area (Å²) in [5.41, 5.74) is 6.00. The molecule has 0 aromatic heterocycles. The summed E-state index contributed by atoms with van der Waals surface area (Å²) in [6.07, 6.45) is 10.0. The lowest BCUT2D eigenvalue weighted by Gasteiger charge is -2.32. The fourth-order valence-corrected chi connectivity index (χ4v) is 2.48. The summed E-state index contributed by atoms with van der Waals surface area (Å²) in [5.74, 6) is 2.65. The Balaban J connectivity index is 2.50. The van der Waals surface area contributed by atoms with Crippen LogP contribution in [0.4, 0.5) is 0 Å². The third kappa shape index (κ3) is 3.79. The number of hydrogen-bond donors (Lipinski definition) is 2. The number of likely N-dealkylation sites (tertiary alicyclic amines) is 1. The molecule has 1 unspecified atom stereocenters. The number of nitrogens with one attached hydrogen (secondary N) is 1. The highest BCUT2D eigenvalue weighted by molar-refractivity contribution is 4.97. The minimum atomic E-state index is 0.0782. The van der Waals surface area contributed by atoms with Crippen LogP contribution in [0.3, 0.4) is 0 Å². The van der Waals surface area contributed by atoms with Crippen molar-refractivity contribution in [2.45, 2.75) is 38.1 Å². The van der Waals surface area contributed by atoms with Crippen LogP contribution in [-0.2, 0) is 0 Å². The minimum absolute atomic E-state index is 0.0782. The first-order chi connectivity index (χ1) is 7.76. The fourth-order valence-electron chi connectivity index (χ4n) is 2.48. The van der Waals surface area contributed by atoms with Gasteiger partial charge in [0.05, 0.1) is 6.54 Å². The van der Waals surface area contributed by atoms with Crippen LogP contribution in [0.25, 0.3) is 0 Å². The first-order valence-electron chi connectivity index (χ1n) is 6.37. The van der Waals surface area contributed by atoms with Crippen molar-refractivity contribution in [2.24, 2.45) is 5.73 Å². The van der Waals surface area contributed by atoms with Gasteiger partial charge in [-0.15, -0.1) is 6.42 Å². The summed E-state index contributed by atoms with van der Waals surface area (Å²) >= 11 is 0. The van der Waals surface area contributed by atoms with Gasteiger partial charge in [-0.05, 0) is 45.3 Å². The molecule has 0 saturated carbocycles. The number of nitrogens with two attached hydrogens (primary N) is 1. The van der Waals surface area contributed by atoms with E-state index in [1.165, 1.54) is 25.9 Å². The third-order valence-electron chi connectivity index (χ3n) is 3.53. The number of rotatable bonds is 5. The van der Waals surface area contributed by atoms with Crippen LogP contribution < -0.4 is 11.1 Å². The molecular weight excluding hydrogens is 198 g/mol. The van der Waals surface area contributed by atoms with Gasteiger partial charge in [0, 0.05) is 12.1 Å². The standard InChI is InChI=1S/C13H25N3/c1-3-8-15-13(12-14)6-5-10-16(9-4-2)11-7-13/h1,15H,4-12,14H2,2H3. The lowest BCUT2D eigenvalue weighted by molar-refractivity contribution is 0.263. The predicted octanol–water partition coefficient (Wildman–Crippen LogP) is 0.803. The Labute approximate surface area is 99.8 Å². The van der Waals surface area contributed by atoms with E-state index in [1.807, 2.05) is 0 Å². The van der Waals surface area contributed by atoms with E-state index >= 15 is 0 Å². The Morgan fingerprint density at radius 1 is 1.44 bits per heavy atom. The normalized spacial score (nSPS) is 27.3. The molecule has 92 valence electrons. The van der Waals surface area contributed by atoms with E-state index in [0.717, 1.165) is 19.4 Å². The molecule has 3 nitrogen and oxygen atoms in total. The SMILES string of the molecule is C#CCNC1(CN)CCCN(CCC)CC1. The summed E-state index contributed by atoms with van der Waals surface area (Å²) < 4.78 is 0. The van der Waals surface area contributed by atoms with Crippen LogP contribution in [0.5, 0.6) is 0 Å². The van der Waals surface area contributed by atoms with Crippen LogP contribution in [0.1, 0.15) is 32.6 Å². The maximum absolute atomic E-state index is 5.92. The van der Waals surface area contributed by atoms with Crippen molar-refractivity contribution in [3.8, 4) is 12.3 Å². The van der Waals surface area contributed by atoms with Crippen molar-refractivity contribution in [3.05, 3.63) is 0 Å². The molecule has 0 bridgehead atoms. The van der Waals surface area contributed by atoms with Gasteiger partial charge in [0.2, 0.25) is 0 Å². The van der Waals surface area contributed by atoms with Gasteiger partial charge in [0.15, 0.2) is 0 Å². The number of terminal acetylenes is 1. The third-order valence-corrected chi connectivity index (χ3v) is 3.53. The Hall–Kier alpha value is -0.560. The molecule has 1 atom stereocenters. The van der Waals surface area contributed by atoms with Crippen LogP contribution in [0.2, 0.25) is 0 Å². The smallest absolute Gasteiger partial charge is 0.0578 e. The first-order valence-corrected chi connectivity index (χ1v) is 6.37. The monoisotopic (exact) mass is 223 g/mol.